The maximum Gasteiger partial charge on any atom is 0.389 e. The molecule has 92 valence electrons. The van der Waals surface area contributed by atoms with E-state index in [-0.39, 0.29) is 12.5 Å². The third-order valence-electron chi connectivity index (χ3n) is 2.42. The zero-order chi connectivity index (χ0) is 12.2. The Bertz CT molecular complexity index is 319. The Morgan fingerprint density at radius 3 is 2.62 bits per heavy atom. The number of aromatic nitrogens is 2. The molecule has 0 aliphatic rings. The van der Waals surface area contributed by atoms with Gasteiger partial charge in [-0.2, -0.15) is 18.3 Å². The minimum atomic E-state index is -4.08. The third-order valence-corrected chi connectivity index (χ3v) is 2.42. The van der Waals surface area contributed by atoms with Crippen molar-refractivity contribution in [2.45, 2.75) is 31.5 Å². The molecule has 0 aliphatic heterocycles. The quantitative estimate of drug-likeness (QED) is 0.844. The fourth-order valence-corrected chi connectivity index (χ4v) is 1.55. The lowest BCUT2D eigenvalue weighted by Crippen LogP contribution is -2.29. The second kappa shape index (κ2) is 5.34. The van der Waals surface area contributed by atoms with Crippen LogP contribution in [0.5, 0.6) is 0 Å². The molecule has 6 heteroatoms. The largest absolute Gasteiger partial charge is 0.389 e. The van der Waals surface area contributed by atoms with Crippen LogP contribution < -0.4 is 5.32 Å². The molecule has 0 spiro atoms. The summed E-state index contributed by atoms with van der Waals surface area (Å²) in [6, 6.07) is -0.161. The Hall–Kier alpha value is -1.04. The van der Waals surface area contributed by atoms with Crippen molar-refractivity contribution >= 4 is 0 Å². The van der Waals surface area contributed by atoms with E-state index in [4.69, 9.17) is 0 Å². The van der Waals surface area contributed by atoms with E-state index in [1.165, 1.54) is 0 Å². The zero-order valence-electron chi connectivity index (χ0n) is 9.38. The van der Waals surface area contributed by atoms with E-state index in [0.29, 0.717) is 6.42 Å². The van der Waals surface area contributed by atoms with Crippen LogP contribution in [0.15, 0.2) is 12.4 Å². The van der Waals surface area contributed by atoms with Gasteiger partial charge in [-0.3, -0.25) is 4.68 Å². The van der Waals surface area contributed by atoms with Crippen molar-refractivity contribution in [3.63, 3.8) is 0 Å². The number of aryl methyl sites for hydroxylation is 1. The van der Waals surface area contributed by atoms with Gasteiger partial charge in [0.05, 0.1) is 6.20 Å². The predicted octanol–water partition coefficient (Wildman–Crippen LogP) is 1.89. The standard InChI is InChI=1S/C10H16F3N3/c1-14-9(3-4-10(11,12)13)5-8-6-15-16(2)7-8/h6-7,9,14H,3-5H2,1-2H3. The fraction of sp³-hybridized carbons (Fsp3) is 0.700. The highest BCUT2D eigenvalue weighted by molar-refractivity contribution is 5.05. The van der Waals surface area contributed by atoms with Gasteiger partial charge < -0.3 is 5.32 Å². The Morgan fingerprint density at radius 1 is 1.50 bits per heavy atom. The molecule has 1 heterocycles. The number of halogens is 3. The normalized spacial score (nSPS) is 14.1. The molecule has 0 saturated heterocycles. The van der Waals surface area contributed by atoms with Crippen LogP contribution in [0.3, 0.4) is 0 Å². The number of nitrogens with one attached hydrogen (secondary N) is 1. The number of rotatable bonds is 5. The summed E-state index contributed by atoms with van der Waals surface area (Å²) in [5.74, 6) is 0. The van der Waals surface area contributed by atoms with E-state index in [9.17, 15) is 13.2 Å². The van der Waals surface area contributed by atoms with E-state index in [1.807, 2.05) is 6.20 Å². The van der Waals surface area contributed by atoms with Gasteiger partial charge in [-0.05, 0) is 25.5 Å². The molecule has 0 radical (unpaired) electrons. The first-order valence-electron chi connectivity index (χ1n) is 5.12. The molecule has 3 nitrogen and oxygen atoms in total. The molecule has 0 fully saturated rings. The number of nitrogens with zero attached hydrogens (tertiary/aromatic N) is 2. The van der Waals surface area contributed by atoms with E-state index in [1.54, 1.807) is 25.0 Å². The minimum absolute atomic E-state index is 0.0922. The molecule has 0 saturated carbocycles. The number of hydrogen-bond acceptors (Lipinski definition) is 2. The topological polar surface area (TPSA) is 29.9 Å². The van der Waals surface area contributed by atoms with E-state index in [2.05, 4.69) is 10.4 Å². The lowest BCUT2D eigenvalue weighted by Gasteiger charge is -2.16. The maximum atomic E-state index is 12.1. The molecule has 1 aromatic rings. The second-order valence-corrected chi connectivity index (χ2v) is 3.87. The van der Waals surface area contributed by atoms with Crippen molar-refractivity contribution in [1.82, 2.24) is 15.1 Å². The molecule has 1 unspecified atom stereocenters. The van der Waals surface area contributed by atoms with Crippen LogP contribution in [-0.4, -0.2) is 29.0 Å². The second-order valence-electron chi connectivity index (χ2n) is 3.87. The summed E-state index contributed by atoms with van der Waals surface area (Å²) in [6.45, 7) is 0. The third kappa shape index (κ3) is 4.65. The number of likely N-dealkylation sites (N-methyl/N-ethyl adjacent to an activating group) is 1. The number of alkyl halides is 3. The highest BCUT2D eigenvalue weighted by Crippen LogP contribution is 2.23. The Balaban J connectivity index is 2.43. The Morgan fingerprint density at radius 2 is 2.19 bits per heavy atom. The number of hydrogen-bond donors (Lipinski definition) is 1. The highest BCUT2D eigenvalue weighted by atomic mass is 19.4. The van der Waals surface area contributed by atoms with Crippen molar-refractivity contribution < 1.29 is 13.2 Å². The van der Waals surface area contributed by atoms with Crippen molar-refractivity contribution in [3.8, 4) is 0 Å². The summed E-state index contributed by atoms with van der Waals surface area (Å²) in [7, 11) is 3.46. The predicted molar refractivity (Wildman–Crippen MR) is 55.0 cm³/mol. The summed E-state index contributed by atoms with van der Waals surface area (Å²) in [5, 5.41) is 6.87. The molecule has 1 rings (SSSR count). The van der Waals surface area contributed by atoms with Crippen molar-refractivity contribution in [1.29, 1.82) is 0 Å². The maximum absolute atomic E-state index is 12.1. The van der Waals surface area contributed by atoms with Crippen LogP contribution in [0.25, 0.3) is 0 Å². The van der Waals surface area contributed by atoms with Gasteiger partial charge in [0.15, 0.2) is 0 Å². The van der Waals surface area contributed by atoms with Gasteiger partial charge in [-0.15, -0.1) is 0 Å². The van der Waals surface area contributed by atoms with Gasteiger partial charge in [0.1, 0.15) is 0 Å². The molecule has 0 aromatic carbocycles. The molecule has 0 amide bonds. The van der Waals surface area contributed by atoms with E-state index >= 15 is 0 Å². The highest BCUT2D eigenvalue weighted by Gasteiger charge is 2.28. The zero-order valence-corrected chi connectivity index (χ0v) is 9.38. The molecule has 16 heavy (non-hydrogen) atoms. The first-order chi connectivity index (χ1) is 7.40. The summed E-state index contributed by atoms with van der Waals surface area (Å²) in [6.07, 6.45) is -0.673. The van der Waals surface area contributed by atoms with Crippen LogP contribution >= 0.6 is 0 Å². The van der Waals surface area contributed by atoms with Gasteiger partial charge in [0.25, 0.3) is 0 Å². The average molecular weight is 235 g/mol. The van der Waals surface area contributed by atoms with Crippen LogP contribution in [0, 0.1) is 0 Å². The molecular formula is C10H16F3N3. The monoisotopic (exact) mass is 235 g/mol. The van der Waals surface area contributed by atoms with E-state index < -0.39 is 12.6 Å². The minimum Gasteiger partial charge on any atom is -0.317 e. The Kier molecular flexibility index (Phi) is 4.35. The van der Waals surface area contributed by atoms with E-state index in [0.717, 1.165) is 5.56 Å². The molecule has 0 aliphatic carbocycles. The Labute approximate surface area is 92.6 Å². The van der Waals surface area contributed by atoms with Gasteiger partial charge >= 0.3 is 6.18 Å². The van der Waals surface area contributed by atoms with Crippen LogP contribution in [0.2, 0.25) is 0 Å². The van der Waals surface area contributed by atoms with Gasteiger partial charge in [0.2, 0.25) is 0 Å². The van der Waals surface area contributed by atoms with Crippen molar-refractivity contribution in [2.24, 2.45) is 7.05 Å². The van der Waals surface area contributed by atoms with Gasteiger partial charge in [0, 0.05) is 25.7 Å². The smallest absolute Gasteiger partial charge is 0.317 e. The van der Waals surface area contributed by atoms with Crippen molar-refractivity contribution in [3.05, 3.63) is 18.0 Å². The lowest BCUT2D eigenvalue weighted by atomic mass is 10.0. The van der Waals surface area contributed by atoms with Crippen LogP contribution in [0.1, 0.15) is 18.4 Å². The van der Waals surface area contributed by atoms with Gasteiger partial charge in [-0.1, -0.05) is 0 Å². The summed E-state index contributed by atoms with van der Waals surface area (Å²) in [5.41, 5.74) is 0.948. The first-order valence-corrected chi connectivity index (χ1v) is 5.12. The SMILES string of the molecule is CNC(CCC(F)(F)F)Cc1cnn(C)c1. The summed E-state index contributed by atoms with van der Waals surface area (Å²) in [4.78, 5) is 0. The van der Waals surface area contributed by atoms with Crippen LogP contribution in [0.4, 0.5) is 13.2 Å². The molecular weight excluding hydrogens is 219 g/mol. The lowest BCUT2D eigenvalue weighted by molar-refractivity contribution is -0.136. The molecule has 0 bridgehead atoms. The summed E-state index contributed by atoms with van der Waals surface area (Å²) >= 11 is 0. The molecule has 1 N–H and O–H groups in total. The summed E-state index contributed by atoms with van der Waals surface area (Å²) < 4.78 is 37.8. The fourth-order valence-electron chi connectivity index (χ4n) is 1.55. The molecule has 1 aromatic heterocycles. The molecule has 1 atom stereocenters. The average Bonchev–Trinajstić information content (AvgIpc) is 2.57. The van der Waals surface area contributed by atoms with Crippen LogP contribution in [-0.2, 0) is 13.5 Å². The van der Waals surface area contributed by atoms with Crippen molar-refractivity contribution in [2.75, 3.05) is 7.05 Å². The first kappa shape index (κ1) is 13.0. The van der Waals surface area contributed by atoms with Gasteiger partial charge in [-0.25, -0.2) is 0 Å².